The lowest BCUT2D eigenvalue weighted by molar-refractivity contribution is -0.149. The van der Waals surface area contributed by atoms with Gasteiger partial charge in [-0.1, -0.05) is 76.0 Å². The highest BCUT2D eigenvalue weighted by molar-refractivity contribution is 9.24. The molecule has 1 aliphatic rings. The number of ether oxygens (including phenoxy) is 2. The van der Waals surface area contributed by atoms with Crippen molar-refractivity contribution in [2.24, 2.45) is 17.3 Å². The van der Waals surface area contributed by atoms with E-state index >= 15 is 0 Å². The summed E-state index contributed by atoms with van der Waals surface area (Å²) in [5.74, 6) is 0.981. The van der Waals surface area contributed by atoms with Gasteiger partial charge in [-0.25, -0.2) is 0 Å². The van der Waals surface area contributed by atoms with E-state index < -0.39 is 6.10 Å². The maximum absolute atomic E-state index is 12.7. The first-order valence-electron chi connectivity index (χ1n) is 9.04. The van der Waals surface area contributed by atoms with Gasteiger partial charge >= 0.3 is 5.97 Å². The molecule has 0 spiro atoms. The highest BCUT2D eigenvalue weighted by Gasteiger charge is 2.62. The minimum Gasteiger partial charge on any atom is -0.457 e. The van der Waals surface area contributed by atoms with E-state index in [-0.39, 0.29) is 27.0 Å². The summed E-state index contributed by atoms with van der Waals surface area (Å²) in [4.78, 5) is 12.7. The quantitative estimate of drug-likeness (QED) is 0.323. The molecule has 0 aromatic heterocycles. The van der Waals surface area contributed by atoms with Crippen LogP contribution in [0.15, 0.2) is 54.6 Å². The fourth-order valence-corrected chi connectivity index (χ4v) is 4.37. The summed E-state index contributed by atoms with van der Waals surface area (Å²) in [7, 11) is 0. The summed E-state index contributed by atoms with van der Waals surface area (Å²) in [6.45, 7) is 4.11. The SMILES string of the molecule is CC1(C)C(CC(Br)Br)C1C(=O)OC(C#N)c1cccc(Oc2ccccc2)c1. The van der Waals surface area contributed by atoms with Gasteiger partial charge in [0.2, 0.25) is 6.10 Å². The zero-order valence-corrected chi connectivity index (χ0v) is 18.8. The number of carbonyl (C=O) groups excluding carboxylic acids is 1. The summed E-state index contributed by atoms with van der Waals surface area (Å²) in [5, 5.41) is 9.57. The van der Waals surface area contributed by atoms with Crippen molar-refractivity contribution in [3.8, 4) is 17.6 Å². The first kappa shape index (κ1) is 20.9. The molecule has 4 nitrogen and oxygen atoms in total. The summed E-state index contributed by atoms with van der Waals surface area (Å²) in [5.41, 5.74) is 0.466. The Balaban J connectivity index is 1.70. The van der Waals surface area contributed by atoms with E-state index in [9.17, 15) is 10.1 Å². The molecule has 0 aliphatic heterocycles. The monoisotopic (exact) mass is 505 g/mol. The summed E-state index contributed by atoms with van der Waals surface area (Å²) in [6.07, 6.45) is -0.141. The van der Waals surface area contributed by atoms with Crippen molar-refractivity contribution in [3.05, 3.63) is 60.2 Å². The average Bonchev–Trinajstić information content (AvgIpc) is 3.20. The molecule has 3 atom stereocenters. The van der Waals surface area contributed by atoms with Gasteiger partial charge in [0, 0.05) is 5.56 Å². The molecular weight excluding hydrogens is 486 g/mol. The van der Waals surface area contributed by atoms with Crippen molar-refractivity contribution >= 4 is 37.8 Å². The molecule has 0 radical (unpaired) electrons. The van der Waals surface area contributed by atoms with E-state index in [4.69, 9.17) is 9.47 Å². The molecule has 28 heavy (non-hydrogen) atoms. The Bertz CT molecular complexity index is 877. The molecule has 1 saturated carbocycles. The smallest absolute Gasteiger partial charge is 0.311 e. The number of alkyl halides is 2. The molecule has 1 aliphatic carbocycles. The minimum atomic E-state index is -0.965. The predicted molar refractivity (Wildman–Crippen MR) is 114 cm³/mol. The van der Waals surface area contributed by atoms with Crippen LogP contribution in [0.4, 0.5) is 0 Å². The van der Waals surface area contributed by atoms with Gasteiger partial charge in [-0.2, -0.15) is 5.26 Å². The number of para-hydroxylation sites is 1. The van der Waals surface area contributed by atoms with E-state index in [2.05, 4.69) is 51.8 Å². The summed E-state index contributed by atoms with van der Waals surface area (Å²) < 4.78 is 11.5. The molecule has 6 heteroatoms. The summed E-state index contributed by atoms with van der Waals surface area (Å²) in [6, 6.07) is 18.6. The molecule has 0 bridgehead atoms. The molecule has 3 unspecified atom stereocenters. The van der Waals surface area contributed by atoms with Crippen LogP contribution in [0.25, 0.3) is 0 Å². The van der Waals surface area contributed by atoms with Crippen molar-refractivity contribution in [2.45, 2.75) is 30.1 Å². The van der Waals surface area contributed by atoms with Crippen LogP contribution >= 0.6 is 31.9 Å². The number of halogens is 2. The molecule has 0 N–H and O–H groups in total. The number of rotatable bonds is 7. The molecule has 146 valence electrons. The topological polar surface area (TPSA) is 59.3 Å². The second-order valence-electron chi connectivity index (χ2n) is 7.47. The minimum absolute atomic E-state index is 0.130. The van der Waals surface area contributed by atoms with Crippen molar-refractivity contribution in [1.82, 2.24) is 0 Å². The van der Waals surface area contributed by atoms with E-state index in [1.54, 1.807) is 24.3 Å². The van der Waals surface area contributed by atoms with Crippen LogP contribution in [0, 0.1) is 28.6 Å². The Hall–Kier alpha value is -1.84. The molecule has 2 aromatic carbocycles. The Labute approximate surface area is 182 Å². The number of hydrogen-bond donors (Lipinski definition) is 0. The molecule has 2 aromatic rings. The van der Waals surface area contributed by atoms with E-state index in [1.165, 1.54) is 0 Å². The van der Waals surface area contributed by atoms with E-state index in [0.29, 0.717) is 17.1 Å². The van der Waals surface area contributed by atoms with Crippen LogP contribution in [0.3, 0.4) is 0 Å². The lowest BCUT2D eigenvalue weighted by atomic mass is 10.1. The van der Waals surface area contributed by atoms with Crippen molar-refractivity contribution in [1.29, 1.82) is 5.26 Å². The number of hydrogen-bond acceptors (Lipinski definition) is 4. The third kappa shape index (κ3) is 4.76. The van der Waals surface area contributed by atoms with Gasteiger partial charge < -0.3 is 9.47 Å². The van der Waals surface area contributed by atoms with E-state index in [1.807, 2.05) is 30.3 Å². The zero-order valence-electron chi connectivity index (χ0n) is 15.6. The van der Waals surface area contributed by atoms with Gasteiger partial charge in [-0.05, 0) is 42.0 Å². The Morgan fingerprint density at radius 2 is 1.82 bits per heavy atom. The molecule has 0 amide bonds. The number of nitriles is 1. The largest absolute Gasteiger partial charge is 0.457 e. The predicted octanol–water partition coefficient (Wildman–Crippen LogP) is 6.36. The normalized spacial score (nSPS) is 20.9. The van der Waals surface area contributed by atoms with Crippen LogP contribution in [-0.2, 0) is 9.53 Å². The van der Waals surface area contributed by atoms with Gasteiger partial charge in [-0.3, -0.25) is 4.79 Å². The van der Waals surface area contributed by atoms with Gasteiger partial charge in [0.1, 0.15) is 17.6 Å². The van der Waals surface area contributed by atoms with Crippen LogP contribution in [0.5, 0.6) is 11.5 Å². The van der Waals surface area contributed by atoms with Crippen LogP contribution in [0.2, 0.25) is 0 Å². The second-order valence-corrected chi connectivity index (χ2v) is 10.9. The van der Waals surface area contributed by atoms with Crippen molar-refractivity contribution < 1.29 is 14.3 Å². The molecule has 1 fully saturated rings. The zero-order chi connectivity index (χ0) is 20.3. The molecule has 3 rings (SSSR count). The maximum Gasteiger partial charge on any atom is 0.311 e. The van der Waals surface area contributed by atoms with Gasteiger partial charge in [-0.15, -0.1) is 0 Å². The van der Waals surface area contributed by atoms with Crippen LogP contribution < -0.4 is 4.74 Å². The number of esters is 1. The van der Waals surface area contributed by atoms with E-state index in [0.717, 1.165) is 6.42 Å². The number of benzene rings is 2. The Kier molecular flexibility index (Phi) is 6.47. The maximum atomic E-state index is 12.7. The van der Waals surface area contributed by atoms with Gasteiger partial charge in [0.15, 0.2) is 0 Å². The van der Waals surface area contributed by atoms with Crippen LogP contribution in [0.1, 0.15) is 31.9 Å². The highest BCUT2D eigenvalue weighted by Crippen LogP contribution is 2.61. The molecule has 0 saturated heterocycles. The van der Waals surface area contributed by atoms with Crippen LogP contribution in [-0.4, -0.2) is 9.71 Å². The van der Waals surface area contributed by atoms with Crippen molar-refractivity contribution in [2.75, 3.05) is 0 Å². The lowest BCUT2D eigenvalue weighted by Crippen LogP contribution is -2.14. The standard InChI is InChI=1S/C22H21Br2NO3/c1-22(2)17(12-19(23)24)20(22)21(26)28-18(13-25)14-7-6-10-16(11-14)27-15-8-4-3-5-9-15/h3-11,17-20H,12H2,1-2H3. The third-order valence-electron chi connectivity index (χ3n) is 5.23. The Morgan fingerprint density at radius 3 is 2.46 bits per heavy atom. The fraction of sp³-hybridized carbons (Fsp3) is 0.364. The third-order valence-corrected chi connectivity index (χ3v) is 5.98. The number of nitrogens with zero attached hydrogens (tertiary/aromatic N) is 1. The summed E-state index contributed by atoms with van der Waals surface area (Å²) >= 11 is 6.96. The first-order valence-corrected chi connectivity index (χ1v) is 10.9. The van der Waals surface area contributed by atoms with Crippen molar-refractivity contribution in [3.63, 3.8) is 0 Å². The van der Waals surface area contributed by atoms with Gasteiger partial charge in [0.05, 0.1) is 9.65 Å². The average molecular weight is 507 g/mol. The highest BCUT2D eigenvalue weighted by atomic mass is 79.9. The Morgan fingerprint density at radius 1 is 1.14 bits per heavy atom. The number of carbonyl (C=O) groups is 1. The molecular formula is C22H21Br2NO3. The van der Waals surface area contributed by atoms with Gasteiger partial charge in [0.25, 0.3) is 0 Å². The lowest BCUT2D eigenvalue weighted by Gasteiger charge is -2.13. The fourth-order valence-electron chi connectivity index (χ4n) is 3.57. The second kappa shape index (κ2) is 8.67. The molecule has 0 heterocycles. The first-order chi connectivity index (χ1) is 13.3.